The van der Waals surface area contributed by atoms with E-state index in [1.165, 1.54) is 0 Å². The monoisotopic (exact) mass is 248 g/mol. The van der Waals surface area contributed by atoms with Gasteiger partial charge in [0, 0.05) is 12.0 Å². The topological polar surface area (TPSA) is 63.6 Å². The van der Waals surface area contributed by atoms with E-state index < -0.39 is 5.97 Å². The van der Waals surface area contributed by atoms with Gasteiger partial charge in [0.05, 0.1) is 0 Å². The van der Waals surface area contributed by atoms with Gasteiger partial charge in [0.25, 0.3) is 0 Å². The van der Waals surface area contributed by atoms with Crippen LogP contribution < -0.4 is 4.74 Å². The Morgan fingerprint density at radius 1 is 1.17 bits per heavy atom. The van der Waals surface area contributed by atoms with Gasteiger partial charge in [0.2, 0.25) is 0 Å². The van der Waals surface area contributed by atoms with Gasteiger partial charge in [-0.1, -0.05) is 26.0 Å². The van der Waals surface area contributed by atoms with Crippen molar-refractivity contribution in [3.8, 4) is 5.75 Å². The van der Waals surface area contributed by atoms with Crippen LogP contribution in [0.4, 0.5) is 0 Å². The number of hydrogen-bond acceptors (Lipinski definition) is 3. The summed E-state index contributed by atoms with van der Waals surface area (Å²) in [6.45, 7) is 3.51. The van der Waals surface area contributed by atoms with Crippen molar-refractivity contribution in [1.29, 1.82) is 0 Å². The molecular formula is C14H16O4. The van der Waals surface area contributed by atoms with Crippen LogP contribution >= 0.6 is 0 Å². The van der Waals surface area contributed by atoms with Crippen molar-refractivity contribution in [2.24, 2.45) is 0 Å². The Balaban J connectivity index is 2.82. The van der Waals surface area contributed by atoms with Gasteiger partial charge in [-0.3, -0.25) is 4.79 Å². The van der Waals surface area contributed by atoms with E-state index in [-0.39, 0.29) is 5.97 Å². The van der Waals surface area contributed by atoms with E-state index in [2.05, 4.69) is 0 Å². The molecule has 1 aromatic rings. The summed E-state index contributed by atoms with van der Waals surface area (Å²) in [5.41, 5.74) is 1.11. The molecule has 0 unspecified atom stereocenters. The van der Waals surface area contributed by atoms with Gasteiger partial charge < -0.3 is 9.84 Å². The van der Waals surface area contributed by atoms with Crippen molar-refractivity contribution in [3.63, 3.8) is 0 Å². The molecule has 0 atom stereocenters. The molecule has 18 heavy (non-hydrogen) atoms. The lowest BCUT2D eigenvalue weighted by Crippen LogP contribution is -2.05. The average Bonchev–Trinajstić information content (AvgIpc) is 2.37. The maximum Gasteiger partial charge on any atom is 0.331 e. The van der Waals surface area contributed by atoms with E-state index in [9.17, 15) is 9.59 Å². The Bertz CT molecular complexity index is 457. The summed E-state index contributed by atoms with van der Waals surface area (Å²) in [5, 5.41) is 8.90. The molecule has 0 amide bonds. The molecule has 1 N–H and O–H groups in total. The van der Waals surface area contributed by atoms with E-state index in [4.69, 9.17) is 9.84 Å². The normalized spacial score (nSPS) is 11.1. The lowest BCUT2D eigenvalue weighted by molar-refractivity contribution is -0.134. The van der Waals surface area contributed by atoms with Gasteiger partial charge in [0.1, 0.15) is 5.75 Å². The molecule has 0 radical (unpaired) electrons. The van der Waals surface area contributed by atoms with E-state index in [1.807, 2.05) is 0 Å². The number of carboxylic acids is 1. The fourth-order valence-electron chi connectivity index (χ4n) is 1.35. The van der Waals surface area contributed by atoms with Gasteiger partial charge >= 0.3 is 11.9 Å². The highest BCUT2D eigenvalue weighted by molar-refractivity contribution is 5.92. The molecular weight excluding hydrogens is 232 g/mol. The third kappa shape index (κ3) is 4.05. The molecule has 0 spiro atoms. The number of ether oxygens (including phenoxy) is 1. The van der Waals surface area contributed by atoms with Crippen molar-refractivity contribution >= 4 is 18.0 Å². The first-order valence-corrected chi connectivity index (χ1v) is 5.81. The number of hydrogen-bond donors (Lipinski definition) is 1. The second kappa shape index (κ2) is 6.59. The van der Waals surface area contributed by atoms with Crippen molar-refractivity contribution < 1.29 is 19.4 Å². The highest BCUT2D eigenvalue weighted by Gasteiger charge is 2.05. The molecule has 0 saturated carbocycles. The van der Waals surface area contributed by atoms with E-state index >= 15 is 0 Å². The molecule has 96 valence electrons. The summed E-state index contributed by atoms with van der Waals surface area (Å²) < 4.78 is 5.02. The largest absolute Gasteiger partial charge is 0.478 e. The quantitative estimate of drug-likeness (QED) is 0.494. The predicted octanol–water partition coefficient (Wildman–Crippen LogP) is 2.88. The number of aliphatic carboxylic acids is 1. The van der Waals surface area contributed by atoms with E-state index in [1.54, 1.807) is 44.2 Å². The maximum atomic E-state index is 11.1. The fraction of sp³-hybridized carbons (Fsp3) is 0.286. The van der Waals surface area contributed by atoms with Gasteiger partial charge in [-0.05, 0) is 30.2 Å². The van der Waals surface area contributed by atoms with Crippen LogP contribution in [-0.4, -0.2) is 17.0 Å². The second-order valence-corrected chi connectivity index (χ2v) is 3.72. The maximum absolute atomic E-state index is 11.1. The third-order valence-corrected chi connectivity index (χ3v) is 2.40. The Morgan fingerprint density at radius 2 is 1.78 bits per heavy atom. The minimum Gasteiger partial charge on any atom is -0.478 e. The minimum atomic E-state index is -0.918. The summed E-state index contributed by atoms with van der Waals surface area (Å²) in [4.78, 5) is 21.9. The molecule has 0 aliphatic heterocycles. The lowest BCUT2D eigenvalue weighted by Gasteiger charge is -2.03. The molecule has 0 saturated heterocycles. The SMILES string of the molecule is CCC(=O)Oc1ccc(C=C(CC)C(=O)O)cc1. The van der Waals surface area contributed by atoms with Crippen molar-refractivity contribution in [2.75, 3.05) is 0 Å². The molecule has 0 aliphatic carbocycles. The molecule has 4 nitrogen and oxygen atoms in total. The van der Waals surface area contributed by atoms with Crippen LogP contribution in [0.2, 0.25) is 0 Å². The number of rotatable bonds is 5. The van der Waals surface area contributed by atoms with E-state index in [0.29, 0.717) is 24.2 Å². The first-order chi connectivity index (χ1) is 8.56. The third-order valence-electron chi connectivity index (χ3n) is 2.40. The highest BCUT2D eigenvalue weighted by atomic mass is 16.5. The zero-order valence-electron chi connectivity index (χ0n) is 10.5. The van der Waals surface area contributed by atoms with Crippen LogP contribution in [0.1, 0.15) is 32.3 Å². The number of carbonyl (C=O) groups is 2. The summed E-state index contributed by atoms with van der Waals surface area (Å²) in [5.74, 6) is -0.746. The van der Waals surface area contributed by atoms with Crippen LogP contribution in [0.15, 0.2) is 29.8 Å². The van der Waals surface area contributed by atoms with Gasteiger partial charge in [-0.15, -0.1) is 0 Å². The Morgan fingerprint density at radius 3 is 2.22 bits per heavy atom. The highest BCUT2D eigenvalue weighted by Crippen LogP contribution is 2.16. The molecule has 0 heterocycles. The number of carboxylic acid groups (broad SMARTS) is 1. The van der Waals surface area contributed by atoms with Crippen molar-refractivity contribution in [1.82, 2.24) is 0 Å². The van der Waals surface area contributed by atoms with Crippen molar-refractivity contribution in [3.05, 3.63) is 35.4 Å². The predicted molar refractivity (Wildman–Crippen MR) is 68.3 cm³/mol. The first kappa shape index (κ1) is 14.0. The number of esters is 1. The van der Waals surface area contributed by atoms with Crippen LogP contribution in [0.25, 0.3) is 6.08 Å². The number of benzene rings is 1. The van der Waals surface area contributed by atoms with Crippen LogP contribution in [-0.2, 0) is 9.59 Å². The summed E-state index contributed by atoms with van der Waals surface area (Å²) in [7, 11) is 0. The minimum absolute atomic E-state index is 0.293. The van der Waals surface area contributed by atoms with Crippen LogP contribution in [0.3, 0.4) is 0 Å². The Hall–Kier alpha value is -2.10. The molecule has 0 bridgehead atoms. The standard InChI is InChI=1S/C14H16O4/c1-3-11(14(16)17)9-10-5-7-12(8-6-10)18-13(15)4-2/h5-9H,3-4H2,1-2H3,(H,16,17). The molecule has 0 fully saturated rings. The van der Waals surface area contributed by atoms with E-state index in [0.717, 1.165) is 5.56 Å². The first-order valence-electron chi connectivity index (χ1n) is 5.81. The average molecular weight is 248 g/mol. The Kier molecular flexibility index (Phi) is 5.11. The molecule has 0 aromatic heterocycles. The zero-order chi connectivity index (χ0) is 13.5. The van der Waals surface area contributed by atoms with Crippen LogP contribution in [0, 0.1) is 0 Å². The molecule has 0 aliphatic rings. The lowest BCUT2D eigenvalue weighted by atomic mass is 10.1. The van der Waals surface area contributed by atoms with Gasteiger partial charge in [-0.25, -0.2) is 4.79 Å². The second-order valence-electron chi connectivity index (χ2n) is 3.72. The Labute approximate surface area is 106 Å². The van der Waals surface area contributed by atoms with Crippen molar-refractivity contribution in [2.45, 2.75) is 26.7 Å². The fourth-order valence-corrected chi connectivity index (χ4v) is 1.35. The molecule has 1 rings (SSSR count). The van der Waals surface area contributed by atoms with Crippen LogP contribution in [0.5, 0.6) is 5.75 Å². The molecule has 4 heteroatoms. The van der Waals surface area contributed by atoms with Gasteiger partial charge in [0.15, 0.2) is 0 Å². The smallest absolute Gasteiger partial charge is 0.331 e. The number of carbonyl (C=O) groups excluding carboxylic acids is 1. The summed E-state index contributed by atoms with van der Waals surface area (Å²) in [6.07, 6.45) is 2.39. The summed E-state index contributed by atoms with van der Waals surface area (Å²) >= 11 is 0. The zero-order valence-corrected chi connectivity index (χ0v) is 10.5. The summed E-state index contributed by atoms with van der Waals surface area (Å²) in [6, 6.07) is 6.73. The van der Waals surface area contributed by atoms with Gasteiger partial charge in [-0.2, -0.15) is 0 Å². The molecule has 1 aromatic carbocycles.